The molecule has 2 N–H and O–H groups in total. The van der Waals surface area contributed by atoms with Crippen LogP contribution in [0.2, 0.25) is 0 Å². The van der Waals surface area contributed by atoms with Gasteiger partial charge in [0.2, 0.25) is 5.91 Å². The number of aromatic nitrogens is 2. The third-order valence-electron chi connectivity index (χ3n) is 5.13. The summed E-state index contributed by atoms with van der Waals surface area (Å²) < 4.78 is 13.0. The first-order valence-corrected chi connectivity index (χ1v) is 9.01. The molecule has 0 spiro atoms. The third-order valence-corrected chi connectivity index (χ3v) is 5.13. The van der Waals surface area contributed by atoms with E-state index >= 15 is 0 Å². The Morgan fingerprint density at radius 1 is 1.30 bits per heavy atom. The molecule has 3 atom stereocenters. The van der Waals surface area contributed by atoms with Gasteiger partial charge in [-0.25, -0.2) is 0 Å². The van der Waals surface area contributed by atoms with E-state index in [9.17, 15) is 4.79 Å². The van der Waals surface area contributed by atoms with Crippen LogP contribution in [-0.2, 0) is 11.8 Å². The molecule has 4 rings (SSSR count). The summed E-state index contributed by atoms with van der Waals surface area (Å²) in [6, 6.07) is 5.73. The van der Waals surface area contributed by atoms with Gasteiger partial charge in [-0.05, 0) is 30.2 Å². The number of nitrogens with zero attached hydrogens (tertiary/aromatic N) is 2. The first-order valence-electron chi connectivity index (χ1n) is 9.01. The van der Waals surface area contributed by atoms with Crippen molar-refractivity contribution in [3.8, 4) is 11.5 Å². The fourth-order valence-electron chi connectivity index (χ4n) is 3.67. The highest BCUT2D eigenvalue weighted by Gasteiger charge is 2.35. The Hall–Kier alpha value is -2.25. The standard InChI is InChI=1S/C19H24N4O3.ClH/c1-12(13-3-4-17-18(7-13)26-6-5-25-17)22-19(24)16-10-20-9-15(16)14-8-21-23(2)11-14;/h3-4,7-8,11-12,15-16,20H,5-6,9-10H2,1-2H3,(H,22,24);1H/t12?,15-,16+;/m1./s1. The van der Waals surface area contributed by atoms with E-state index in [-0.39, 0.29) is 36.2 Å². The fraction of sp³-hybridized carbons (Fsp3) is 0.474. The molecule has 0 aliphatic carbocycles. The van der Waals surface area contributed by atoms with Crippen LogP contribution < -0.4 is 20.1 Å². The average Bonchev–Trinajstić information content (AvgIpc) is 3.30. The van der Waals surface area contributed by atoms with E-state index < -0.39 is 0 Å². The van der Waals surface area contributed by atoms with Crippen molar-refractivity contribution in [1.82, 2.24) is 20.4 Å². The summed E-state index contributed by atoms with van der Waals surface area (Å²) >= 11 is 0. The summed E-state index contributed by atoms with van der Waals surface area (Å²) in [5.41, 5.74) is 2.11. The number of halogens is 1. The summed E-state index contributed by atoms with van der Waals surface area (Å²) in [6.07, 6.45) is 3.84. The van der Waals surface area contributed by atoms with Crippen molar-refractivity contribution in [2.45, 2.75) is 18.9 Å². The number of carbonyl (C=O) groups excluding carboxylic acids is 1. The Labute approximate surface area is 164 Å². The van der Waals surface area contributed by atoms with Gasteiger partial charge in [-0.3, -0.25) is 9.48 Å². The topological polar surface area (TPSA) is 77.4 Å². The van der Waals surface area contributed by atoms with Crippen molar-refractivity contribution >= 4 is 18.3 Å². The number of aryl methyl sites for hydroxylation is 1. The molecule has 1 amide bonds. The molecule has 146 valence electrons. The second-order valence-corrected chi connectivity index (χ2v) is 6.95. The number of nitrogens with one attached hydrogen (secondary N) is 2. The van der Waals surface area contributed by atoms with Gasteiger partial charge in [0.25, 0.3) is 0 Å². The second kappa shape index (κ2) is 8.19. The molecule has 1 fully saturated rings. The van der Waals surface area contributed by atoms with Crippen molar-refractivity contribution in [2.75, 3.05) is 26.3 Å². The van der Waals surface area contributed by atoms with Crippen LogP contribution in [0.4, 0.5) is 0 Å². The minimum absolute atomic E-state index is 0. The van der Waals surface area contributed by atoms with Crippen molar-refractivity contribution in [2.24, 2.45) is 13.0 Å². The Balaban J connectivity index is 0.00000210. The van der Waals surface area contributed by atoms with Crippen LogP contribution in [0.3, 0.4) is 0 Å². The predicted octanol–water partition coefficient (Wildman–Crippen LogP) is 1.79. The molecule has 1 saturated heterocycles. The van der Waals surface area contributed by atoms with Crippen molar-refractivity contribution < 1.29 is 14.3 Å². The van der Waals surface area contributed by atoms with E-state index in [4.69, 9.17) is 9.47 Å². The first kappa shape index (κ1) is 19.5. The SMILES string of the molecule is CC(NC(=O)[C@H]1CNC[C@@H]1c1cnn(C)c1)c1ccc2c(c1)OCCO2.Cl. The predicted molar refractivity (Wildman–Crippen MR) is 104 cm³/mol. The Morgan fingerprint density at radius 2 is 2.07 bits per heavy atom. The van der Waals surface area contributed by atoms with Gasteiger partial charge in [0.15, 0.2) is 11.5 Å². The first-order chi connectivity index (χ1) is 12.6. The molecule has 1 aromatic carbocycles. The van der Waals surface area contributed by atoms with E-state index in [1.165, 1.54) is 0 Å². The molecule has 0 radical (unpaired) electrons. The minimum Gasteiger partial charge on any atom is -0.486 e. The lowest BCUT2D eigenvalue weighted by atomic mass is 9.90. The van der Waals surface area contributed by atoms with Crippen molar-refractivity contribution in [1.29, 1.82) is 0 Å². The van der Waals surface area contributed by atoms with Gasteiger partial charge in [-0.1, -0.05) is 6.07 Å². The maximum Gasteiger partial charge on any atom is 0.225 e. The number of carbonyl (C=O) groups is 1. The van der Waals surface area contributed by atoms with Gasteiger partial charge in [-0.15, -0.1) is 12.4 Å². The van der Waals surface area contributed by atoms with Crippen LogP contribution >= 0.6 is 12.4 Å². The molecule has 27 heavy (non-hydrogen) atoms. The maximum atomic E-state index is 12.9. The molecule has 0 saturated carbocycles. The lowest BCUT2D eigenvalue weighted by molar-refractivity contribution is -0.125. The van der Waals surface area contributed by atoms with Gasteiger partial charge in [-0.2, -0.15) is 5.10 Å². The minimum atomic E-state index is -0.103. The monoisotopic (exact) mass is 392 g/mol. The quantitative estimate of drug-likeness (QED) is 0.829. The number of benzene rings is 1. The zero-order valence-electron chi connectivity index (χ0n) is 15.5. The van der Waals surface area contributed by atoms with Crippen LogP contribution in [0.25, 0.3) is 0 Å². The highest BCUT2D eigenvalue weighted by atomic mass is 35.5. The molecule has 1 aromatic heterocycles. The van der Waals surface area contributed by atoms with Crippen molar-refractivity contribution in [3.63, 3.8) is 0 Å². The molecular weight excluding hydrogens is 368 g/mol. The second-order valence-electron chi connectivity index (χ2n) is 6.95. The third kappa shape index (κ3) is 4.04. The van der Waals surface area contributed by atoms with Gasteiger partial charge in [0, 0.05) is 32.3 Å². The van der Waals surface area contributed by atoms with Crippen LogP contribution in [-0.4, -0.2) is 42.0 Å². The van der Waals surface area contributed by atoms with Gasteiger partial charge >= 0.3 is 0 Å². The maximum absolute atomic E-state index is 12.9. The van der Waals surface area contributed by atoms with E-state index in [1.807, 2.05) is 44.6 Å². The highest BCUT2D eigenvalue weighted by Crippen LogP contribution is 2.33. The summed E-state index contributed by atoms with van der Waals surface area (Å²) in [4.78, 5) is 12.9. The van der Waals surface area contributed by atoms with Gasteiger partial charge in [0.05, 0.1) is 18.2 Å². The molecule has 0 bridgehead atoms. The molecule has 2 aliphatic rings. The number of ether oxygens (including phenoxy) is 2. The zero-order valence-corrected chi connectivity index (χ0v) is 16.3. The number of amides is 1. The average molecular weight is 393 g/mol. The van der Waals surface area contributed by atoms with E-state index in [0.29, 0.717) is 19.8 Å². The van der Waals surface area contributed by atoms with Crippen molar-refractivity contribution in [3.05, 3.63) is 41.7 Å². The molecule has 3 heterocycles. The van der Waals surface area contributed by atoms with Gasteiger partial charge in [0.1, 0.15) is 13.2 Å². The summed E-state index contributed by atoms with van der Waals surface area (Å²) in [7, 11) is 1.89. The van der Waals surface area contributed by atoms with Gasteiger partial charge < -0.3 is 20.1 Å². The summed E-state index contributed by atoms with van der Waals surface area (Å²) in [5.74, 6) is 1.61. The molecule has 7 nitrogen and oxygen atoms in total. The van der Waals surface area contributed by atoms with Crippen LogP contribution in [0, 0.1) is 5.92 Å². The van der Waals surface area contributed by atoms with Crippen LogP contribution in [0.15, 0.2) is 30.6 Å². The lowest BCUT2D eigenvalue weighted by Gasteiger charge is -2.23. The number of hydrogen-bond acceptors (Lipinski definition) is 5. The number of fused-ring (bicyclic) bond motifs is 1. The van der Waals surface area contributed by atoms with Crippen LogP contribution in [0.5, 0.6) is 11.5 Å². The summed E-state index contributed by atoms with van der Waals surface area (Å²) in [5, 5.41) is 10.7. The Bertz CT molecular complexity index is 810. The number of hydrogen-bond donors (Lipinski definition) is 2. The smallest absolute Gasteiger partial charge is 0.225 e. The lowest BCUT2D eigenvalue weighted by Crippen LogP contribution is -2.36. The Morgan fingerprint density at radius 3 is 2.81 bits per heavy atom. The number of rotatable bonds is 4. The molecule has 8 heteroatoms. The normalized spacial score (nSPS) is 22.0. The van der Waals surface area contributed by atoms with E-state index in [0.717, 1.165) is 29.2 Å². The highest BCUT2D eigenvalue weighted by molar-refractivity contribution is 5.85. The van der Waals surface area contributed by atoms with E-state index in [2.05, 4.69) is 15.7 Å². The van der Waals surface area contributed by atoms with E-state index in [1.54, 1.807) is 4.68 Å². The molecular formula is C19H25ClN4O3. The zero-order chi connectivity index (χ0) is 18.1. The Kier molecular flexibility index (Phi) is 5.92. The summed E-state index contributed by atoms with van der Waals surface area (Å²) in [6.45, 7) is 4.59. The van der Waals surface area contributed by atoms with Crippen LogP contribution in [0.1, 0.15) is 30.0 Å². The molecule has 2 aromatic rings. The largest absolute Gasteiger partial charge is 0.486 e. The fourth-order valence-corrected chi connectivity index (χ4v) is 3.67. The molecule has 2 aliphatic heterocycles. The molecule has 1 unspecified atom stereocenters.